The van der Waals surface area contributed by atoms with E-state index in [1.807, 2.05) is 31.2 Å². The predicted molar refractivity (Wildman–Crippen MR) is 102 cm³/mol. The molecule has 1 saturated heterocycles. The lowest BCUT2D eigenvalue weighted by atomic mass is 10.1. The molecule has 3 rings (SSSR count). The lowest BCUT2D eigenvalue weighted by Crippen LogP contribution is -2.39. The Bertz CT molecular complexity index is 775. The summed E-state index contributed by atoms with van der Waals surface area (Å²) in [6.45, 7) is 3.09. The lowest BCUT2D eigenvalue weighted by molar-refractivity contribution is -0.121. The summed E-state index contributed by atoms with van der Waals surface area (Å²) in [6, 6.07) is 14.1. The SMILES string of the molecule is CCOc1ccc(N2C(=O)C[C@H](NCCc3ccc(Cl)cc3)C2=O)cc1. The van der Waals surface area contributed by atoms with Gasteiger partial charge in [0.25, 0.3) is 5.91 Å². The van der Waals surface area contributed by atoms with E-state index in [4.69, 9.17) is 16.3 Å². The van der Waals surface area contributed by atoms with Crippen LogP contribution in [0.4, 0.5) is 5.69 Å². The van der Waals surface area contributed by atoms with Crippen LogP contribution in [0.2, 0.25) is 5.02 Å². The Hall–Kier alpha value is -2.37. The molecule has 1 aliphatic heterocycles. The Morgan fingerprint density at radius 1 is 1.12 bits per heavy atom. The van der Waals surface area contributed by atoms with Crippen molar-refractivity contribution in [2.24, 2.45) is 0 Å². The third-order valence-corrected chi connectivity index (χ3v) is 4.52. The quantitative estimate of drug-likeness (QED) is 0.758. The Morgan fingerprint density at radius 3 is 2.46 bits per heavy atom. The average Bonchev–Trinajstić information content (AvgIpc) is 2.92. The molecule has 0 saturated carbocycles. The number of rotatable bonds is 7. The summed E-state index contributed by atoms with van der Waals surface area (Å²) in [5, 5.41) is 3.88. The van der Waals surface area contributed by atoms with Gasteiger partial charge in [-0.3, -0.25) is 9.59 Å². The molecule has 2 amide bonds. The fraction of sp³-hybridized carbons (Fsp3) is 0.300. The zero-order chi connectivity index (χ0) is 18.5. The summed E-state index contributed by atoms with van der Waals surface area (Å²) < 4.78 is 5.39. The summed E-state index contributed by atoms with van der Waals surface area (Å²) in [5.41, 5.74) is 1.70. The van der Waals surface area contributed by atoms with Crippen LogP contribution in [0.1, 0.15) is 18.9 Å². The molecule has 136 valence electrons. The highest BCUT2D eigenvalue weighted by Crippen LogP contribution is 2.25. The second-order valence-electron chi connectivity index (χ2n) is 6.08. The van der Waals surface area contributed by atoms with E-state index in [2.05, 4.69) is 5.32 Å². The molecule has 0 bridgehead atoms. The molecule has 0 aromatic heterocycles. The Balaban J connectivity index is 1.58. The summed E-state index contributed by atoms with van der Waals surface area (Å²) in [5.74, 6) is 0.311. The van der Waals surface area contributed by atoms with Gasteiger partial charge in [-0.1, -0.05) is 23.7 Å². The molecule has 1 aliphatic rings. The molecule has 0 aliphatic carbocycles. The van der Waals surface area contributed by atoms with Gasteiger partial charge in [-0.15, -0.1) is 0 Å². The van der Waals surface area contributed by atoms with E-state index in [0.29, 0.717) is 29.6 Å². The van der Waals surface area contributed by atoms with E-state index in [9.17, 15) is 9.59 Å². The zero-order valence-corrected chi connectivity index (χ0v) is 15.3. The first-order chi connectivity index (χ1) is 12.6. The first-order valence-corrected chi connectivity index (χ1v) is 9.03. The van der Waals surface area contributed by atoms with Crippen LogP contribution in [-0.4, -0.2) is 31.0 Å². The minimum atomic E-state index is -0.485. The third-order valence-electron chi connectivity index (χ3n) is 4.27. The van der Waals surface area contributed by atoms with E-state index in [-0.39, 0.29) is 18.2 Å². The molecule has 6 heteroatoms. The lowest BCUT2D eigenvalue weighted by Gasteiger charge is -2.16. The molecule has 0 spiro atoms. The van der Waals surface area contributed by atoms with Gasteiger partial charge < -0.3 is 10.1 Å². The van der Waals surface area contributed by atoms with Gasteiger partial charge in [0.15, 0.2) is 0 Å². The van der Waals surface area contributed by atoms with Crippen molar-refractivity contribution >= 4 is 29.1 Å². The molecular weight excluding hydrogens is 352 g/mol. The Labute approximate surface area is 157 Å². The molecule has 2 aromatic carbocycles. The number of benzene rings is 2. The maximum Gasteiger partial charge on any atom is 0.251 e. The summed E-state index contributed by atoms with van der Waals surface area (Å²) in [6.07, 6.45) is 0.935. The summed E-state index contributed by atoms with van der Waals surface area (Å²) in [4.78, 5) is 26.1. The van der Waals surface area contributed by atoms with Gasteiger partial charge in [0, 0.05) is 5.02 Å². The number of imide groups is 1. The van der Waals surface area contributed by atoms with Crippen molar-refractivity contribution in [3.05, 3.63) is 59.1 Å². The van der Waals surface area contributed by atoms with Gasteiger partial charge >= 0.3 is 0 Å². The van der Waals surface area contributed by atoms with Crippen LogP contribution in [0.3, 0.4) is 0 Å². The largest absolute Gasteiger partial charge is 0.494 e. The van der Waals surface area contributed by atoms with Crippen molar-refractivity contribution in [1.29, 1.82) is 0 Å². The van der Waals surface area contributed by atoms with E-state index >= 15 is 0 Å². The number of halogens is 1. The van der Waals surface area contributed by atoms with Crippen LogP contribution in [0, 0.1) is 0 Å². The summed E-state index contributed by atoms with van der Waals surface area (Å²) >= 11 is 5.87. The molecule has 1 atom stereocenters. The first kappa shape index (κ1) is 18.4. The normalized spacial score (nSPS) is 17.0. The van der Waals surface area contributed by atoms with Crippen LogP contribution in [-0.2, 0) is 16.0 Å². The van der Waals surface area contributed by atoms with E-state index < -0.39 is 6.04 Å². The van der Waals surface area contributed by atoms with Crippen molar-refractivity contribution in [3.8, 4) is 5.75 Å². The van der Waals surface area contributed by atoms with Crippen LogP contribution < -0.4 is 15.0 Å². The molecule has 0 unspecified atom stereocenters. The molecule has 26 heavy (non-hydrogen) atoms. The van der Waals surface area contributed by atoms with Crippen molar-refractivity contribution in [2.75, 3.05) is 18.1 Å². The van der Waals surface area contributed by atoms with E-state index in [1.165, 1.54) is 4.90 Å². The van der Waals surface area contributed by atoms with Gasteiger partial charge in [0.2, 0.25) is 5.91 Å². The second kappa shape index (κ2) is 8.34. The average molecular weight is 373 g/mol. The van der Waals surface area contributed by atoms with Gasteiger partial charge in [-0.2, -0.15) is 0 Å². The molecule has 5 nitrogen and oxygen atoms in total. The molecule has 1 fully saturated rings. The van der Waals surface area contributed by atoms with Crippen molar-refractivity contribution in [1.82, 2.24) is 5.32 Å². The van der Waals surface area contributed by atoms with Crippen LogP contribution in [0.5, 0.6) is 5.75 Å². The molecule has 1 heterocycles. The van der Waals surface area contributed by atoms with Gasteiger partial charge in [0.1, 0.15) is 5.75 Å². The third kappa shape index (κ3) is 4.23. The predicted octanol–water partition coefficient (Wildman–Crippen LogP) is 3.20. The molecule has 1 N–H and O–H groups in total. The molecule has 2 aromatic rings. The minimum absolute atomic E-state index is 0.173. The topological polar surface area (TPSA) is 58.6 Å². The maximum atomic E-state index is 12.6. The highest BCUT2D eigenvalue weighted by molar-refractivity contribution is 6.30. The number of hydrogen-bond donors (Lipinski definition) is 1. The number of nitrogens with one attached hydrogen (secondary N) is 1. The van der Waals surface area contributed by atoms with Gasteiger partial charge in [0.05, 0.1) is 24.8 Å². The van der Waals surface area contributed by atoms with Crippen LogP contribution in [0.25, 0.3) is 0 Å². The van der Waals surface area contributed by atoms with E-state index in [0.717, 1.165) is 12.0 Å². The van der Waals surface area contributed by atoms with Crippen molar-refractivity contribution in [2.45, 2.75) is 25.8 Å². The van der Waals surface area contributed by atoms with Crippen molar-refractivity contribution in [3.63, 3.8) is 0 Å². The number of ether oxygens (including phenoxy) is 1. The standard InChI is InChI=1S/C20H21ClN2O3/c1-2-26-17-9-7-16(8-10-17)23-19(24)13-18(20(23)25)22-12-11-14-3-5-15(21)6-4-14/h3-10,18,22H,2,11-13H2,1H3/t18-/m0/s1. The van der Waals surface area contributed by atoms with Gasteiger partial charge in [-0.25, -0.2) is 4.90 Å². The smallest absolute Gasteiger partial charge is 0.251 e. The maximum absolute atomic E-state index is 12.6. The number of anilines is 1. The van der Waals surface area contributed by atoms with E-state index in [1.54, 1.807) is 24.3 Å². The number of amides is 2. The number of carbonyl (C=O) groups is 2. The minimum Gasteiger partial charge on any atom is -0.494 e. The fourth-order valence-corrected chi connectivity index (χ4v) is 3.09. The Morgan fingerprint density at radius 2 is 1.81 bits per heavy atom. The monoisotopic (exact) mass is 372 g/mol. The van der Waals surface area contributed by atoms with Crippen LogP contribution in [0.15, 0.2) is 48.5 Å². The Kier molecular flexibility index (Phi) is 5.91. The highest BCUT2D eigenvalue weighted by Gasteiger charge is 2.39. The zero-order valence-electron chi connectivity index (χ0n) is 14.6. The number of nitrogens with zero attached hydrogens (tertiary/aromatic N) is 1. The second-order valence-corrected chi connectivity index (χ2v) is 6.52. The van der Waals surface area contributed by atoms with Crippen LogP contribution >= 0.6 is 11.6 Å². The number of carbonyl (C=O) groups excluding carboxylic acids is 2. The molecule has 0 radical (unpaired) electrons. The number of hydrogen-bond acceptors (Lipinski definition) is 4. The highest BCUT2D eigenvalue weighted by atomic mass is 35.5. The first-order valence-electron chi connectivity index (χ1n) is 8.66. The molecular formula is C20H21ClN2O3. The summed E-state index contributed by atoms with van der Waals surface area (Å²) in [7, 11) is 0. The van der Waals surface area contributed by atoms with Crippen molar-refractivity contribution < 1.29 is 14.3 Å². The fourth-order valence-electron chi connectivity index (χ4n) is 2.96. The van der Waals surface area contributed by atoms with Gasteiger partial charge in [-0.05, 0) is 61.9 Å².